The molecule has 0 aliphatic heterocycles. The summed E-state index contributed by atoms with van der Waals surface area (Å²) in [6.07, 6.45) is 1.62. The van der Waals surface area contributed by atoms with Crippen LogP contribution in [0, 0.1) is 18.6 Å². The maximum absolute atomic E-state index is 13.5. The molecule has 0 saturated carbocycles. The summed E-state index contributed by atoms with van der Waals surface area (Å²) in [5.74, 6) is -1.53. The van der Waals surface area contributed by atoms with Gasteiger partial charge in [0.1, 0.15) is 17.7 Å². The molecule has 1 aromatic heterocycles. The first-order valence-corrected chi connectivity index (χ1v) is 5.13. The minimum absolute atomic E-state index is 0.344. The lowest BCUT2D eigenvalue weighted by Crippen LogP contribution is -2.07. The second kappa shape index (κ2) is 4.59. The lowest BCUT2D eigenvalue weighted by atomic mass is 9.98. The van der Waals surface area contributed by atoms with Gasteiger partial charge in [-0.1, -0.05) is 6.07 Å². The fourth-order valence-electron chi connectivity index (χ4n) is 1.69. The van der Waals surface area contributed by atoms with Gasteiger partial charge < -0.3 is 5.11 Å². The molecule has 0 aliphatic carbocycles. The fourth-order valence-corrected chi connectivity index (χ4v) is 1.69. The van der Waals surface area contributed by atoms with E-state index in [0.717, 1.165) is 17.7 Å². The zero-order valence-electron chi connectivity index (χ0n) is 9.19. The number of hydrogen-bond donors (Lipinski definition) is 1. The summed E-state index contributed by atoms with van der Waals surface area (Å²) in [6.45, 7) is 1.75. The van der Waals surface area contributed by atoms with E-state index < -0.39 is 17.7 Å². The SMILES string of the molecule is Cc1ccncc1C(O)c1c(F)cccc1F. The first-order chi connectivity index (χ1) is 8.11. The van der Waals surface area contributed by atoms with Crippen molar-refractivity contribution in [2.45, 2.75) is 13.0 Å². The van der Waals surface area contributed by atoms with Gasteiger partial charge in [0.2, 0.25) is 0 Å². The van der Waals surface area contributed by atoms with Crippen molar-refractivity contribution in [1.29, 1.82) is 0 Å². The Morgan fingerprint density at radius 1 is 1.18 bits per heavy atom. The van der Waals surface area contributed by atoms with Crippen molar-refractivity contribution in [3.8, 4) is 0 Å². The Labute approximate surface area is 97.6 Å². The van der Waals surface area contributed by atoms with Crippen LogP contribution < -0.4 is 0 Å². The van der Waals surface area contributed by atoms with E-state index in [1.54, 1.807) is 19.2 Å². The summed E-state index contributed by atoms with van der Waals surface area (Å²) in [6, 6.07) is 5.18. The number of aliphatic hydroxyl groups is 1. The highest BCUT2D eigenvalue weighted by molar-refractivity contribution is 5.34. The van der Waals surface area contributed by atoms with Crippen LogP contribution in [0.1, 0.15) is 22.8 Å². The first-order valence-electron chi connectivity index (χ1n) is 5.13. The summed E-state index contributed by atoms with van der Waals surface area (Å²) in [5.41, 5.74) is 0.787. The Morgan fingerprint density at radius 2 is 1.82 bits per heavy atom. The van der Waals surface area contributed by atoms with E-state index in [2.05, 4.69) is 4.98 Å². The van der Waals surface area contributed by atoms with Crippen molar-refractivity contribution in [3.05, 3.63) is 65.0 Å². The minimum atomic E-state index is -1.34. The number of halogens is 2. The molecule has 2 aromatic rings. The molecule has 2 nitrogen and oxygen atoms in total. The van der Waals surface area contributed by atoms with Gasteiger partial charge in [-0.25, -0.2) is 8.78 Å². The van der Waals surface area contributed by atoms with E-state index in [9.17, 15) is 13.9 Å². The summed E-state index contributed by atoms with van der Waals surface area (Å²) in [4.78, 5) is 3.85. The molecule has 0 aliphatic rings. The van der Waals surface area contributed by atoms with E-state index >= 15 is 0 Å². The number of aliphatic hydroxyl groups excluding tert-OH is 1. The van der Waals surface area contributed by atoms with E-state index in [1.165, 1.54) is 12.3 Å². The van der Waals surface area contributed by atoms with E-state index in [1.807, 2.05) is 0 Å². The van der Waals surface area contributed by atoms with Gasteiger partial charge in [0, 0.05) is 18.0 Å². The number of benzene rings is 1. The molecule has 4 heteroatoms. The van der Waals surface area contributed by atoms with Crippen LogP contribution in [0.25, 0.3) is 0 Å². The van der Waals surface area contributed by atoms with Crippen molar-refractivity contribution < 1.29 is 13.9 Å². The highest BCUT2D eigenvalue weighted by Gasteiger charge is 2.20. The van der Waals surface area contributed by atoms with Crippen LogP contribution in [-0.4, -0.2) is 10.1 Å². The van der Waals surface area contributed by atoms with Crippen LogP contribution in [0.2, 0.25) is 0 Å². The average Bonchev–Trinajstić information content (AvgIpc) is 2.29. The summed E-state index contributed by atoms with van der Waals surface area (Å²) in [7, 11) is 0. The van der Waals surface area contributed by atoms with Crippen LogP contribution in [0.3, 0.4) is 0 Å². The predicted molar refractivity (Wildman–Crippen MR) is 59.4 cm³/mol. The van der Waals surface area contributed by atoms with Crippen molar-refractivity contribution in [2.75, 3.05) is 0 Å². The molecule has 1 atom stereocenters. The molecule has 1 N–H and O–H groups in total. The van der Waals surface area contributed by atoms with Gasteiger partial charge in [0.25, 0.3) is 0 Å². The number of aromatic nitrogens is 1. The van der Waals surface area contributed by atoms with Gasteiger partial charge in [-0.15, -0.1) is 0 Å². The third kappa shape index (κ3) is 2.17. The maximum atomic E-state index is 13.5. The standard InChI is InChI=1S/C13H11F2NO/c1-8-5-6-16-7-9(8)13(17)12-10(14)3-2-4-11(12)15/h2-7,13,17H,1H3. The molecule has 1 aromatic carbocycles. The van der Waals surface area contributed by atoms with Gasteiger partial charge in [-0.05, 0) is 30.7 Å². The third-order valence-corrected chi connectivity index (χ3v) is 2.65. The van der Waals surface area contributed by atoms with Crippen molar-refractivity contribution in [2.24, 2.45) is 0 Å². The average molecular weight is 235 g/mol. The Bertz CT molecular complexity index is 522. The molecule has 0 radical (unpaired) electrons. The minimum Gasteiger partial charge on any atom is -0.383 e. The molecular formula is C13H11F2NO. The number of aryl methyl sites for hydroxylation is 1. The van der Waals surface area contributed by atoms with Crippen molar-refractivity contribution >= 4 is 0 Å². The van der Waals surface area contributed by atoms with Crippen LogP contribution in [0.5, 0.6) is 0 Å². The summed E-state index contributed by atoms with van der Waals surface area (Å²) >= 11 is 0. The number of nitrogens with zero attached hydrogens (tertiary/aromatic N) is 1. The van der Waals surface area contributed by atoms with Crippen LogP contribution in [0.15, 0.2) is 36.7 Å². The topological polar surface area (TPSA) is 33.1 Å². The molecule has 0 bridgehead atoms. The first kappa shape index (κ1) is 11.7. The number of pyridine rings is 1. The Hall–Kier alpha value is -1.81. The molecule has 1 heterocycles. The van der Waals surface area contributed by atoms with Crippen LogP contribution in [-0.2, 0) is 0 Å². The lowest BCUT2D eigenvalue weighted by molar-refractivity contribution is 0.208. The summed E-state index contributed by atoms with van der Waals surface area (Å²) < 4.78 is 27.0. The van der Waals surface area contributed by atoms with Gasteiger partial charge >= 0.3 is 0 Å². The van der Waals surface area contributed by atoms with Gasteiger partial charge in [0.15, 0.2) is 0 Å². The van der Waals surface area contributed by atoms with Crippen molar-refractivity contribution in [1.82, 2.24) is 4.98 Å². The lowest BCUT2D eigenvalue weighted by Gasteiger charge is -2.14. The Morgan fingerprint density at radius 3 is 2.41 bits per heavy atom. The fraction of sp³-hybridized carbons (Fsp3) is 0.154. The summed E-state index contributed by atoms with van der Waals surface area (Å²) in [5, 5.41) is 10.0. The predicted octanol–water partition coefficient (Wildman–Crippen LogP) is 2.75. The molecular weight excluding hydrogens is 224 g/mol. The van der Waals surface area contributed by atoms with Crippen LogP contribution in [0.4, 0.5) is 8.78 Å². The highest BCUT2D eigenvalue weighted by atomic mass is 19.1. The van der Waals surface area contributed by atoms with Gasteiger partial charge in [-0.3, -0.25) is 4.98 Å². The second-order valence-electron chi connectivity index (χ2n) is 3.77. The smallest absolute Gasteiger partial charge is 0.132 e. The molecule has 88 valence electrons. The zero-order valence-corrected chi connectivity index (χ0v) is 9.19. The molecule has 0 fully saturated rings. The Kier molecular flexibility index (Phi) is 3.15. The zero-order chi connectivity index (χ0) is 12.4. The number of rotatable bonds is 2. The monoisotopic (exact) mass is 235 g/mol. The second-order valence-corrected chi connectivity index (χ2v) is 3.77. The highest BCUT2D eigenvalue weighted by Crippen LogP contribution is 2.27. The van der Waals surface area contributed by atoms with E-state index in [-0.39, 0.29) is 5.56 Å². The molecule has 2 rings (SSSR count). The van der Waals surface area contributed by atoms with Gasteiger partial charge in [-0.2, -0.15) is 0 Å². The van der Waals surface area contributed by atoms with Crippen LogP contribution >= 0.6 is 0 Å². The largest absolute Gasteiger partial charge is 0.383 e. The molecule has 1 unspecified atom stereocenters. The molecule has 0 spiro atoms. The van der Waals surface area contributed by atoms with E-state index in [0.29, 0.717) is 5.56 Å². The molecule has 17 heavy (non-hydrogen) atoms. The Balaban J connectivity index is 2.51. The number of hydrogen-bond acceptors (Lipinski definition) is 2. The maximum Gasteiger partial charge on any atom is 0.132 e. The third-order valence-electron chi connectivity index (χ3n) is 2.65. The normalized spacial score (nSPS) is 12.5. The molecule has 0 saturated heterocycles. The van der Waals surface area contributed by atoms with Gasteiger partial charge in [0.05, 0.1) is 5.56 Å². The molecule has 0 amide bonds. The quantitative estimate of drug-likeness (QED) is 0.868. The van der Waals surface area contributed by atoms with Crippen molar-refractivity contribution in [3.63, 3.8) is 0 Å². The van der Waals surface area contributed by atoms with E-state index in [4.69, 9.17) is 0 Å².